The molecular formula is C26H27F2N3O4S. The molecule has 10 heteroatoms. The van der Waals surface area contributed by atoms with E-state index in [4.69, 9.17) is 0 Å². The predicted octanol–water partition coefficient (Wildman–Crippen LogP) is 3.71. The molecule has 0 saturated carbocycles. The number of nitrogens with one attached hydrogen (secondary N) is 1. The van der Waals surface area contributed by atoms with Crippen molar-refractivity contribution in [1.29, 1.82) is 0 Å². The molecule has 1 N–H and O–H groups in total. The second kappa shape index (κ2) is 11.8. The van der Waals surface area contributed by atoms with Crippen LogP contribution in [-0.4, -0.2) is 44.3 Å². The van der Waals surface area contributed by atoms with Crippen LogP contribution in [0.25, 0.3) is 0 Å². The van der Waals surface area contributed by atoms with Crippen LogP contribution in [0.5, 0.6) is 0 Å². The van der Waals surface area contributed by atoms with E-state index in [2.05, 4.69) is 5.32 Å². The van der Waals surface area contributed by atoms with Crippen LogP contribution in [0.3, 0.4) is 0 Å². The Balaban J connectivity index is 2.02. The molecule has 0 spiro atoms. The number of rotatable bonds is 10. The fourth-order valence-electron chi connectivity index (χ4n) is 3.57. The molecule has 7 nitrogen and oxygen atoms in total. The molecule has 0 aliphatic carbocycles. The van der Waals surface area contributed by atoms with Gasteiger partial charge in [-0.2, -0.15) is 0 Å². The average molecular weight is 516 g/mol. The third-order valence-electron chi connectivity index (χ3n) is 5.54. The maximum absolute atomic E-state index is 14.4. The van der Waals surface area contributed by atoms with Crippen LogP contribution in [0, 0.1) is 11.6 Å². The lowest BCUT2D eigenvalue weighted by molar-refractivity contribution is -0.139. The number of carbonyl (C=O) groups excluding carboxylic acids is 2. The molecule has 0 unspecified atom stereocenters. The topological polar surface area (TPSA) is 86.8 Å². The van der Waals surface area contributed by atoms with Crippen LogP contribution in [0.1, 0.15) is 19.4 Å². The summed E-state index contributed by atoms with van der Waals surface area (Å²) < 4.78 is 55.9. The van der Waals surface area contributed by atoms with Gasteiger partial charge in [0.15, 0.2) is 0 Å². The summed E-state index contributed by atoms with van der Waals surface area (Å²) in [6.07, 6.45) is 0. The number of halogens is 2. The largest absolute Gasteiger partial charge is 0.355 e. The van der Waals surface area contributed by atoms with Crippen molar-refractivity contribution in [3.05, 3.63) is 96.1 Å². The summed E-state index contributed by atoms with van der Waals surface area (Å²) in [5.74, 6) is -2.35. The van der Waals surface area contributed by atoms with Crippen LogP contribution in [0.4, 0.5) is 14.5 Å². The number of anilines is 1. The van der Waals surface area contributed by atoms with Crippen LogP contribution >= 0.6 is 0 Å². The van der Waals surface area contributed by atoms with Crippen molar-refractivity contribution >= 4 is 27.5 Å². The highest BCUT2D eigenvalue weighted by Gasteiger charge is 2.32. The third-order valence-corrected chi connectivity index (χ3v) is 7.33. The maximum Gasteiger partial charge on any atom is 0.264 e. The molecule has 0 heterocycles. The summed E-state index contributed by atoms with van der Waals surface area (Å²) in [4.78, 5) is 27.2. The van der Waals surface area contributed by atoms with Crippen LogP contribution < -0.4 is 9.62 Å². The summed E-state index contributed by atoms with van der Waals surface area (Å²) >= 11 is 0. The molecule has 1 atom stereocenters. The summed E-state index contributed by atoms with van der Waals surface area (Å²) in [5.41, 5.74) is 0.228. The molecule has 3 aromatic carbocycles. The van der Waals surface area contributed by atoms with Gasteiger partial charge in [0.2, 0.25) is 11.8 Å². The quantitative estimate of drug-likeness (QED) is 0.446. The molecule has 36 heavy (non-hydrogen) atoms. The third kappa shape index (κ3) is 6.25. The molecule has 0 radical (unpaired) electrons. The maximum atomic E-state index is 14.4. The van der Waals surface area contributed by atoms with Crippen molar-refractivity contribution in [2.24, 2.45) is 0 Å². The van der Waals surface area contributed by atoms with E-state index in [9.17, 15) is 26.8 Å². The number of amides is 2. The molecule has 0 aromatic heterocycles. The zero-order valence-electron chi connectivity index (χ0n) is 19.9. The van der Waals surface area contributed by atoms with Gasteiger partial charge in [-0.1, -0.05) is 36.4 Å². The molecule has 3 rings (SSSR count). The molecule has 190 valence electrons. The standard InChI is InChI=1S/C26H27F2N3O4S/c1-3-29-26(33)19(2)30(17-20-9-7-8-12-24(20)28)25(32)18-31(22-15-13-21(27)14-16-22)36(34,35)23-10-5-4-6-11-23/h4-16,19H,3,17-18H2,1-2H3,(H,29,33)/t19-/m1/s1. The number of nitrogens with zero attached hydrogens (tertiary/aromatic N) is 2. The zero-order valence-corrected chi connectivity index (χ0v) is 20.7. The number of sulfonamides is 1. The van der Waals surface area contributed by atoms with Gasteiger partial charge in [0, 0.05) is 18.7 Å². The Morgan fingerprint density at radius 1 is 0.917 bits per heavy atom. The van der Waals surface area contributed by atoms with Crippen molar-refractivity contribution in [3.63, 3.8) is 0 Å². The highest BCUT2D eigenvalue weighted by Crippen LogP contribution is 2.25. The SMILES string of the molecule is CCNC(=O)[C@@H](C)N(Cc1ccccc1F)C(=O)CN(c1ccc(F)cc1)S(=O)(=O)c1ccccc1. The summed E-state index contributed by atoms with van der Waals surface area (Å²) in [5, 5.41) is 2.63. The van der Waals surface area contributed by atoms with E-state index in [1.165, 1.54) is 49.4 Å². The van der Waals surface area contributed by atoms with Gasteiger partial charge in [0.1, 0.15) is 24.2 Å². The first-order valence-electron chi connectivity index (χ1n) is 11.3. The first-order chi connectivity index (χ1) is 17.1. The van der Waals surface area contributed by atoms with E-state index in [0.29, 0.717) is 6.54 Å². The van der Waals surface area contributed by atoms with E-state index < -0.39 is 46.1 Å². The average Bonchev–Trinajstić information content (AvgIpc) is 2.87. The predicted molar refractivity (Wildman–Crippen MR) is 132 cm³/mol. The van der Waals surface area contributed by atoms with Crippen molar-refractivity contribution in [1.82, 2.24) is 10.2 Å². The minimum absolute atomic E-state index is 0.0603. The number of hydrogen-bond donors (Lipinski definition) is 1. The van der Waals surface area contributed by atoms with Gasteiger partial charge < -0.3 is 10.2 Å². The fraction of sp³-hybridized carbons (Fsp3) is 0.231. The fourth-order valence-corrected chi connectivity index (χ4v) is 5.01. The van der Waals surface area contributed by atoms with Crippen LogP contribution in [0.2, 0.25) is 0 Å². The lowest BCUT2D eigenvalue weighted by Crippen LogP contribution is -2.51. The second-order valence-electron chi connectivity index (χ2n) is 7.98. The molecule has 3 aromatic rings. The first-order valence-corrected chi connectivity index (χ1v) is 12.7. The Morgan fingerprint density at radius 2 is 1.53 bits per heavy atom. The van der Waals surface area contributed by atoms with E-state index in [1.807, 2.05) is 0 Å². The van der Waals surface area contributed by atoms with Crippen molar-refractivity contribution in [2.45, 2.75) is 31.3 Å². The van der Waals surface area contributed by atoms with Gasteiger partial charge in [-0.3, -0.25) is 13.9 Å². The summed E-state index contributed by atoms with van der Waals surface area (Å²) in [7, 11) is -4.24. The van der Waals surface area contributed by atoms with E-state index in [1.54, 1.807) is 31.2 Å². The Bertz CT molecular complexity index is 1300. The number of hydrogen-bond acceptors (Lipinski definition) is 4. The highest BCUT2D eigenvalue weighted by atomic mass is 32.2. The first kappa shape index (κ1) is 26.8. The van der Waals surface area contributed by atoms with Gasteiger partial charge in [-0.25, -0.2) is 17.2 Å². The van der Waals surface area contributed by atoms with Crippen molar-refractivity contribution in [2.75, 3.05) is 17.4 Å². The van der Waals surface area contributed by atoms with Gasteiger partial charge in [-0.05, 0) is 56.3 Å². The monoisotopic (exact) mass is 515 g/mol. The summed E-state index contributed by atoms with van der Waals surface area (Å²) in [6.45, 7) is 2.57. The number of carbonyl (C=O) groups is 2. The minimum Gasteiger partial charge on any atom is -0.355 e. The Morgan fingerprint density at radius 3 is 2.14 bits per heavy atom. The molecule has 0 saturated heterocycles. The van der Waals surface area contributed by atoms with Crippen LogP contribution in [-0.2, 0) is 26.2 Å². The second-order valence-corrected chi connectivity index (χ2v) is 9.85. The normalized spacial score (nSPS) is 12.0. The van der Waals surface area contributed by atoms with E-state index in [0.717, 1.165) is 21.3 Å². The molecular weight excluding hydrogens is 488 g/mol. The highest BCUT2D eigenvalue weighted by molar-refractivity contribution is 7.92. The van der Waals surface area contributed by atoms with Gasteiger partial charge in [0.05, 0.1) is 10.6 Å². The molecule has 0 bridgehead atoms. The smallest absolute Gasteiger partial charge is 0.264 e. The Kier molecular flexibility index (Phi) is 8.76. The number of benzene rings is 3. The Hall–Kier alpha value is -3.79. The van der Waals surface area contributed by atoms with Crippen molar-refractivity contribution < 1.29 is 26.8 Å². The summed E-state index contributed by atoms with van der Waals surface area (Å²) in [6, 6.07) is 17.0. The zero-order chi connectivity index (χ0) is 26.3. The van der Waals surface area contributed by atoms with Crippen LogP contribution in [0.15, 0.2) is 83.8 Å². The van der Waals surface area contributed by atoms with E-state index >= 15 is 0 Å². The molecule has 0 aliphatic heterocycles. The molecule has 2 amide bonds. The van der Waals surface area contributed by atoms with Gasteiger partial charge >= 0.3 is 0 Å². The van der Waals surface area contributed by atoms with Gasteiger partial charge in [-0.15, -0.1) is 0 Å². The van der Waals surface area contributed by atoms with Gasteiger partial charge in [0.25, 0.3) is 10.0 Å². The molecule has 0 fully saturated rings. The lowest BCUT2D eigenvalue weighted by Gasteiger charge is -2.32. The molecule has 0 aliphatic rings. The number of likely N-dealkylation sites (N-methyl/N-ethyl adjacent to an activating group) is 1. The van der Waals surface area contributed by atoms with E-state index in [-0.39, 0.29) is 22.7 Å². The Labute approximate surface area is 209 Å². The van der Waals surface area contributed by atoms with Crippen molar-refractivity contribution in [3.8, 4) is 0 Å². The lowest BCUT2D eigenvalue weighted by atomic mass is 10.1. The minimum atomic E-state index is -4.24.